The van der Waals surface area contributed by atoms with Crippen LogP contribution < -0.4 is 5.32 Å². The number of hydrogen-bond donors (Lipinski definition) is 2. The Bertz CT molecular complexity index is 854. The number of fused-ring (bicyclic) bond motifs is 1. The summed E-state index contributed by atoms with van der Waals surface area (Å²) in [4.78, 5) is 23.2. The van der Waals surface area contributed by atoms with Crippen LogP contribution in [0, 0.1) is 5.92 Å². The fourth-order valence-electron chi connectivity index (χ4n) is 4.25. The van der Waals surface area contributed by atoms with Crippen molar-refractivity contribution in [3.63, 3.8) is 0 Å². The minimum Gasteiger partial charge on any atom is -0.390 e. The lowest BCUT2D eigenvalue weighted by atomic mass is 9.94. The Kier molecular flexibility index (Phi) is 7.04. The number of aliphatic hydroxyl groups is 1. The van der Waals surface area contributed by atoms with Gasteiger partial charge in [0.15, 0.2) is 0 Å². The summed E-state index contributed by atoms with van der Waals surface area (Å²) in [5.41, 5.74) is 3.94. The molecule has 0 spiro atoms. The molecule has 30 heavy (non-hydrogen) atoms. The second-order valence-corrected chi connectivity index (χ2v) is 8.27. The number of amides is 1. The van der Waals surface area contributed by atoms with Gasteiger partial charge in [-0.25, -0.2) is 9.97 Å². The highest BCUT2D eigenvalue weighted by molar-refractivity contribution is 5.92. The molecule has 2 aromatic rings. The highest BCUT2D eigenvalue weighted by Gasteiger charge is 2.20. The maximum atomic E-state index is 12.5. The zero-order chi connectivity index (χ0) is 20.8. The van der Waals surface area contributed by atoms with Crippen LogP contribution in [0.25, 0.3) is 0 Å². The van der Waals surface area contributed by atoms with E-state index < -0.39 is 6.10 Å². The van der Waals surface area contributed by atoms with Gasteiger partial charge in [-0.3, -0.25) is 9.69 Å². The quantitative estimate of drug-likeness (QED) is 0.721. The molecule has 160 valence electrons. The minimum atomic E-state index is -0.622. The van der Waals surface area contributed by atoms with Crippen molar-refractivity contribution < 1.29 is 14.6 Å². The average molecular weight is 411 g/mol. The molecule has 0 aliphatic carbocycles. The molecule has 2 aliphatic heterocycles. The summed E-state index contributed by atoms with van der Waals surface area (Å²) in [6.45, 7) is 4.09. The zero-order valence-electron chi connectivity index (χ0n) is 17.3. The topological polar surface area (TPSA) is 87.6 Å². The van der Waals surface area contributed by atoms with E-state index in [1.54, 1.807) is 6.07 Å². The van der Waals surface area contributed by atoms with Gasteiger partial charge >= 0.3 is 0 Å². The number of nitrogens with one attached hydrogen (secondary N) is 1. The van der Waals surface area contributed by atoms with E-state index >= 15 is 0 Å². The lowest BCUT2D eigenvalue weighted by Gasteiger charge is -2.30. The van der Waals surface area contributed by atoms with Crippen molar-refractivity contribution in [2.75, 3.05) is 32.8 Å². The van der Waals surface area contributed by atoms with Gasteiger partial charge < -0.3 is 15.2 Å². The molecule has 4 rings (SSSR count). The highest BCUT2D eigenvalue weighted by Crippen LogP contribution is 2.20. The van der Waals surface area contributed by atoms with Gasteiger partial charge in [0.1, 0.15) is 12.0 Å². The second-order valence-electron chi connectivity index (χ2n) is 8.27. The van der Waals surface area contributed by atoms with Crippen molar-refractivity contribution >= 4 is 5.91 Å². The van der Waals surface area contributed by atoms with E-state index in [0.29, 0.717) is 18.2 Å². The molecule has 7 nitrogen and oxygen atoms in total. The Hall–Kier alpha value is -2.35. The Morgan fingerprint density at radius 2 is 2.03 bits per heavy atom. The Morgan fingerprint density at radius 1 is 1.23 bits per heavy atom. The SMILES string of the molecule is O=C(NCC(O)CN1CCc2ccccc2C1)c1cc(CC2CCOCC2)ncn1. The molecule has 0 saturated carbocycles. The van der Waals surface area contributed by atoms with Crippen LogP contribution in [0.4, 0.5) is 0 Å². The van der Waals surface area contributed by atoms with Gasteiger partial charge in [-0.05, 0) is 48.8 Å². The predicted octanol–water partition coefficient (Wildman–Crippen LogP) is 1.59. The van der Waals surface area contributed by atoms with Crippen molar-refractivity contribution in [1.82, 2.24) is 20.2 Å². The van der Waals surface area contributed by atoms with E-state index in [0.717, 1.165) is 57.7 Å². The molecule has 0 radical (unpaired) electrons. The molecule has 0 bridgehead atoms. The molecule has 7 heteroatoms. The van der Waals surface area contributed by atoms with Crippen LogP contribution in [0.3, 0.4) is 0 Å². The number of hydrogen-bond acceptors (Lipinski definition) is 6. The monoisotopic (exact) mass is 410 g/mol. The summed E-state index contributed by atoms with van der Waals surface area (Å²) in [5, 5.41) is 13.2. The maximum absolute atomic E-state index is 12.5. The first-order chi connectivity index (χ1) is 14.7. The molecule has 1 amide bonds. The molecule has 1 saturated heterocycles. The number of carbonyl (C=O) groups is 1. The molecule has 1 fully saturated rings. The van der Waals surface area contributed by atoms with Crippen LogP contribution in [0.15, 0.2) is 36.7 Å². The van der Waals surface area contributed by atoms with Gasteiger partial charge in [-0.1, -0.05) is 24.3 Å². The maximum Gasteiger partial charge on any atom is 0.270 e. The Balaban J connectivity index is 1.24. The molecular weight excluding hydrogens is 380 g/mol. The highest BCUT2D eigenvalue weighted by atomic mass is 16.5. The fourth-order valence-corrected chi connectivity index (χ4v) is 4.25. The second kappa shape index (κ2) is 10.1. The summed E-state index contributed by atoms with van der Waals surface area (Å²) in [6, 6.07) is 10.2. The number of aromatic nitrogens is 2. The first kappa shape index (κ1) is 20.9. The number of nitrogens with zero attached hydrogens (tertiary/aromatic N) is 3. The third kappa shape index (κ3) is 5.62. The van der Waals surface area contributed by atoms with Gasteiger partial charge in [-0.15, -0.1) is 0 Å². The summed E-state index contributed by atoms with van der Waals surface area (Å²) < 4.78 is 5.40. The summed E-state index contributed by atoms with van der Waals surface area (Å²) in [7, 11) is 0. The number of carbonyl (C=O) groups excluding carboxylic acids is 1. The van der Waals surface area contributed by atoms with Crippen LogP contribution in [0.2, 0.25) is 0 Å². The van der Waals surface area contributed by atoms with Crippen molar-refractivity contribution in [1.29, 1.82) is 0 Å². The lowest BCUT2D eigenvalue weighted by molar-refractivity contribution is 0.0662. The van der Waals surface area contributed by atoms with Crippen LogP contribution >= 0.6 is 0 Å². The van der Waals surface area contributed by atoms with E-state index in [2.05, 4.69) is 44.5 Å². The molecule has 1 aromatic heterocycles. The van der Waals surface area contributed by atoms with E-state index in [1.807, 2.05) is 0 Å². The third-order valence-corrected chi connectivity index (χ3v) is 5.97. The van der Waals surface area contributed by atoms with Gasteiger partial charge in [0.2, 0.25) is 0 Å². The van der Waals surface area contributed by atoms with Crippen LogP contribution in [0.5, 0.6) is 0 Å². The van der Waals surface area contributed by atoms with Crippen molar-refractivity contribution in [3.05, 3.63) is 59.2 Å². The van der Waals surface area contributed by atoms with E-state index in [9.17, 15) is 9.90 Å². The zero-order valence-corrected chi connectivity index (χ0v) is 17.3. The van der Waals surface area contributed by atoms with Gasteiger partial charge in [0.05, 0.1) is 6.10 Å². The normalized spacial score (nSPS) is 18.6. The van der Waals surface area contributed by atoms with Gasteiger partial charge in [0.25, 0.3) is 5.91 Å². The van der Waals surface area contributed by atoms with Crippen LogP contribution in [-0.4, -0.2) is 64.8 Å². The molecule has 2 aliphatic rings. The van der Waals surface area contributed by atoms with Crippen LogP contribution in [-0.2, 0) is 24.1 Å². The van der Waals surface area contributed by atoms with Crippen molar-refractivity contribution in [3.8, 4) is 0 Å². The average Bonchev–Trinajstić information content (AvgIpc) is 2.78. The van der Waals surface area contributed by atoms with Gasteiger partial charge in [-0.2, -0.15) is 0 Å². The third-order valence-electron chi connectivity index (χ3n) is 5.97. The first-order valence-corrected chi connectivity index (χ1v) is 10.8. The minimum absolute atomic E-state index is 0.205. The summed E-state index contributed by atoms with van der Waals surface area (Å²) in [5.74, 6) is 0.273. The predicted molar refractivity (Wildman–Crippen MR) is 113 cm³/mol. The summed E-state index contributed by atoms with van der Waals surface area (Å²) >= 11 is 0. The molecular formula is C23H30N4O3. The molecule has 3 heterocycles. The van der Waals surface area contributed by atoms with Gasteiger partial charge in [0, 0.05) is 45.1 Å². The number of rotatable bonds is 7. The molecule has 2 N–H and O–H groups in total. The summed E-state index contributed by atoms with van der Waals surface area (Å²) in [6.07, 6.45) is 4.71. The first-order valence-electron chi connectivity index (χ1n) is 10.8. The Labute approximate surface area is 177 Å². The lowest BCUT2D eigenvalue weighted by Crippen LogP contribution is -2.42. The van der Waals surface area contributed by atoms with E-state index in [-0.39, 0.29) is 12.5 Å². The molecule has 1 aromatic carbocycles. The fraction of sp³-hybridized carbons (Fsp3) is 0.522. The number of β-amino-alcohol motifs (C(OH)–C–C–N with tert-alkyl or cyclic N) is 1. The standard InChI is InChI=1S/C23H30N4O3/c28-21(15-27-8-5-18-3-1-2-4-19(18)14-27)13-24-23(29)22-12-20(25-16-26-22)11-17-6-9-30-10-7-17/h1-4,12,16-17,21,28H,5-11,13-15H2,(H,24,29). The van der Waals surface area contributed by atoms with Crippen LogP contribution in [0.1, 0.15) is 40.2 Å². The van der Waals surface area contributed by atoms with E-state index in [4.69, 9.17) is 4.74 Å². The number of aliphatic hydroxyl groups excluding tert-OH is 1. The smallest absolute Gasteiger partial charge is 0.270 e. The van der Waals surface area contributed by atoms with Crippen molar-refractivity contribution in [2.45, 2.75) is 38.3 Å². The number of benzene rings is 1. The largest absolute Gasteiger partial charge is 0.390 e. The van der Waals surface area contributed by atoms with Crippen molar-refractivity contribution in [2.24, 2.45) is 5.92 Å². The molecule has 1 unspecified atom stereocenters. The Morgan fingerprint density at radius 3 is 2.87 bits per heavy atom. The van der Waals surface area contributed by atoms with E-state index in [1.165, 1.54) is 17.5 Å². The number of ether oxygens (including phenoxy) is 1. The molecule has 1 atom stereocenters.